The van der Waals surface area contributed by atoms with Crippen molar-refractivity contribution in [2.24, 2.45) is 0 Å². The molecule has 3 N–H and O–H groups in total. The summed E-state index contributed by atoms with van der Waals surface area (Å²) in [4.78, 5) is 29.6. The molecule has 0 saturated carbocycles. The standard InChI is InChI=1S/C25H35BN4O6/c1-25(2,29-11-13-35-14-12-29)15-20(17-27)23(31)30-10-6-9-21(30)18-36-24(32)28-22(16-26(33)34)19-7-4-3-5-8-19/h3-5,7-8,15,21-22,33-34H,6,9-14,16,18H2,1-2H3,(H,28,32)/t21-,22-/m1/s1. The fourth-order valence-electron chi connectivity index (χ4n) is 4.69. The minimum atomic E-state index is -1.60. The predicted octanol–water partition coefficient (Wildman–Crippen LogP) is 1.48. The van der Waals surface area contributed by atoms with Crippen LogP contribution in [0.1, 0.15) is 38.3 Å². The van der Waals surface area contributed by atoms with E-state index >= 15 is 0 Å². The zero-order valence-electron chi connectivity index (χ0n) is 20.9. The minimum Gasteiger partial charge on any atom is -0.447 e. The van der Waals surface area contributed by atoms with E-state index in [0.29, 0.717) is 31.7 Å². The van der Waals surface area contributed by atoms with Crippen molar-refractivity contribution in [3.05, 3.63) is 47.5 Å². The van der Waals surface area contributed by atoms with Crippen LogP contribution in [-0.2, 0) is 14.3 Å². The van der Waals surface area contributed by atoms with E-state index in [2.05, 4.69) is 16.3 Å². The SMILES string of the molecule is CC(C)(C=C(C#N)C(=O)N1CCC[C@@H]1COC(=O)N[C@H](CB(O)O)c1ccccc1)N1CCOCC1. The molecular weight excluding hydrogens is 463 g/mol. The number of alkyl carbamates (subject to hydrolysis) is 1. The van der Waals surface area contributed by atoms with E-state index in [1.807, 2.05) is 19.9 Å². The molecule has 0 bridgehead atoms. The zero-order valence-corrected chi connectivity index (χ0v) is 20.9. The summed E-state index contributed by atoms with van der Waals surface area (Å²) in [6.07, 6.45) is 2.31. The van der Waals surface area contributed by atoms with E-state index in [1.165, 1.54) is 0 Å². The molecule has 1 aromatic rings. The molecule has 2 fully saturated rings. The summed E-state index contributed by atoms with van der Waals surface area (Å²) in [6, 6.07) is 10.0. The molecule has 0 radical (unpaired) electrons. The average Bonchev–Trinajstić information content (AvgIpc) is 3.35. The molecule has 2 aliphatic rings. The normalized spacial score (nSPS) is 19.9. The van der Waals surface area contributed by atoms with Crippen LogP contribution in [0.15, 0.2) is 42.0 Å². The highest BCUT2D eigenvalue weighted by atomic mass is 16.5. The Morgan fingerprint density at radius 3 is 2.61 bits per heavy atom. The Kier molecular flexibility index (Phi) is 9.90. The monoisotopic (exact) mass is 498 g/mol. The second-order valence-electron chi connectivity index (χ2n) is 9.64. The third-order valence-electron chi connectivity index (χ3n) is 6.66. The maximum atomic E-state index is 13.3. The van der Waals surface area contributed by atoms with Crippen molar-refractivity contribution >= 4 is 19.1 Å². The second-order valence-corrected chi connectivity index (χ2v) is 9.64. The van der Waals surface area contributed by atoms with E-state index < -0.39 is 24.8 Å². The Morgan fingerprint density at radius 2 is 1.97 bits per heavy atom. The summed E-state index contributed by atoms with van der Waals surface area (Å²) in [5, 5.41) is 31.3. The summed E-state index contributed by atoms with van der Waals surface area (Å²) >= 11 is 0. The van der Waals surface area contributed by atoms with Gasteiger partial charge in [-0.3, -0.25) is 9.69 Å². The highest BCUT2D eigenvalue weighted by Gasteiger charge is 2.34. The van der Waals surface area contributed by atoms with Gasteiger partial charge in [0, 0.05) is 31.5 Å². The Morgan fingerprint density at radius 1 is 1.28 bits per heavy atom. The lowest BCUT2D eigenvalue weighted by atomic mass is 9.79. The van der Waals surface area contributed by atoms with Gasteiger partial charge in [-0.05, 0) is 38.3 Å². The fraction of sp³-hybridized carbons (Fsp3) is 0.560. The third-order valence-corrected chi connectivity index (χ3v) is 6.66. The Bertz CT molecular complexity index is 959. The largest absolute Gasteiger partial charge is 0.453 e. The van der Waals surface area contributed by atoms with Crippen molar-refractivity contribution in [2.75, 3.05) is 39.5 Å². The molecule has 2 atom stereocenters. The van der Waals surface area contributed by atoms with Gasteiger partial charge in [-0.15, -0.1) is 0 Å². The van der Waals surface area contributed by atoms with Gasteiger partial charge in [0.1, 0.15) is 18.2 Å². The predicted molar refractivity (Wildman–Crippen MR) is 134 cm³/mol. The van der Waals surface area contributed by atoms with Crippen LogP contribution < -0.4 is 5.32 Å². The van der Waals surface area contributed by atoms with Crippen LogP contribution in [-0.4, -0.2) is 90.0 Å². The van der Waals surface area contributed by atoms with Crippen molar-refractivity contribution in [3.63, 3.8) is 0 Å². The number of carbonyl (C=O) groups excluding carboxylic acids is 2. The van der Waals surface area contributed by atoms with Gasteiger partial charge < -0.3 is 29.7 Å². The number of morpholine rings is 1. The summed E-state index contributed by atoms with van der Waals surface area (Å²) < 4.78 is 10.8. The number of amides is 2. The first-order valence-corrected chi connectivity index (χ1v) is 12.3. The molecular formula is C25H35BN4O6. The quantitative estimate of drug-likeness (QED) is 0.265. The lowest BCUT2D eigenvalue weighted by molar-refractivity contribution is -0.128. The maximum absolute atomic E-state index is 13.3. The van der Waals surface area contributed by atoms with Crippen LogP contribution in [0.5, 0.6) is 0 Å². The molecule has 2 heterocycles. The molecule has 1 aromatic carbocycles. The van der Waals surface area contributed by atoms with Gasteiger partial charge >= 0.3 is 13.2 Å². The van der Waals surface area contributed by atoms with Crippen molar-refractivity contribution in [3.8, 4) is 6.07 Å². The lowest BCUT2D eigenvalue weighted by Gasteiger charge is -2.39. The highest BCUT2D eigenvalue weighted by Crippen LogP contribution is 2.24. The van der Waals surface area contributed by atoms with Crippen molar-refractivity contribution in [1.82, 2.24) is 15.1 Å². The van der Waals surface area contributed by atoms with Gasteiger partial charge in [-0.25, -0.2) is 4.79 Å². The smallest absolute Gasteiger partial charge is 0.447 e. The van der Waals surface area contributed by atoms with E-state index in [0.717, 1.165) is 19.5 Å². The number of hydrogen-bond donors (Lipinski definition) is 3. The molecule has 11 heteroatoms. The lowest BCUT2D eigenvalue weighted by Crippen LogP contribution is -2.49. The topological polar surface area (TPSA) is 135 Å². The molecule has 10 nitrogen and oxygen atoms in total. The number of likely N-dealkylation sites (tertiary alicyclic amines) is 1. The van der Waals surface area contributed by atoms with Gasteiger partial charge in [0.15, 0.2) is 0 Å². The van der Waals surface area contributed by atoms with Crippen molar-refractivity contribution in [1.29, 1.82) is 5.26 Å². The molecule has 36 heavy (non-hydrogen) atoms. The fourth-order valence-corrected chi connectivity index (χ4v) is 4.69. The molecule has 2 aliphatic heterocycles. The summed E-state index contributed by atoms with van der Waals surface area (Å²) in [5.41, 5.74) is 0.302. The van der Waals surface area contributed by atoms with Gasteiger partial charge in [-0.2, -0.15) is 5.26 Å². The van der Waals surface area contributed by atoms with E-state index in [1.54, 1.807) is 35.2 Å². The van der Waals surface area contributed by atoms with E-state index in [9.17, 15) is 24.9 Å². The number of hydrogen-bond acceptors (Lipinski definition) is 8. The molecule has 3 rings (SSSR count). The zero-order chi connectivity index (χ0) is 26.1. The Labute approximate surface area is 212 Å². The number of carbonyl (C=O) groups is 2. The number of benzene rings is 1. The average molecular weight is 498 g/mol. The van der Waals surface area contributed by atoms with Crippen LogP contribution in [0.3, 0.4) is 0 Å². The van der Waals surface area contributed by atoms with Gasteiger partial charge in [0.25, 0.3) is 5.91 Å². The minimum absolute atomic E-state index is 0.0215. The van der Waals surface area contributed by atoms with Gasteiger partial charge in [0.05, 0.1) is 25.3 Å². The first kappa shape index (κ1) is 27.7. The Hall–Kier alpha value is -2.91. The second kappa shape index (κ2) is 12.9. The molecule has 0 spiro atoms. The van der Waals surface area contributed by atoms with Crippen molar-refractivity contribution < 1.29 is 29.1 Å². The Balaban J connectivity index is 1.61. The summed E-state index contributed by atoms with van der Waals surface area (Å²) in [6.45, 7) is 7.09. The van der Waals surface area contributed by atoms with Gasteiger partial charge in [0.2, 0.25) is 0 Å². The van der Waals surface area contributed by atoms with Crippen LogP contribution in [0.25, 0.3) is 0 Å². The van der Waals surface area contributed by atoms with E-state index in [4.69, 9.17) is 9.47 Å². The first-order chi connectivity index (χ1) is 17.2. The number of nitriles is 1. The highest BCUT2D eigenvalue weighted by molar-refractivity contribution is 6.41. The first-order valence-electron chi connectivity index (χ1n) is 12.3. The molecule has 0 unspecified atom stereocenters. The van der Waals surface area contributed by atoms with Crippen LogP contribution >= 0.6 is 0 Å². The molecule has 0 aliphatic carbocycles. The number of ether oxygens (including phenoxy) is 2. The van der Waals surface area contributed by atoms with E-state index in [-0.39, 0.29) is 30.4 Å². The van der Waals surface area contributed by atoms with Crippen LogP contribution in [0.4, 0.5) is 4.79 Å². The number of nitrogens with zero attached hydrogens (tertiary/aromatic N) is 3. The van der Waals surface area contributed by atoms with Gasteiger partial charge in [-0.1, -0.05) is 30.3 Å². The molecule has 0 aromatic heterocycles. The molecule has 2 amide bonds. The molecule has 194 valence electrons. The number of nitrogens with one attached hydrogen (secondary N) is 1. The summed E-state index contributed by atoms with van der Waals surface area (Å²) in [5.74, 6) is -0.365. The molecule has 2 saturated heterocycles. The summed E-state index contributed by atoms with van der Waals surface area (Å²) in [7, 11) is -1.60. The maximum Gasteiger partial charge on any atom is 0.453 e. The third kappa shape index (κ3) is 7.55. The van der Waals surface area contributed by atoms with Crippen LogP contribution in [0.2, 0.25) is 6.32 Å². The van der Waals surface area contributed by atoms with Crippen molar-refractivity contribution in [2.45, 2.75) is 50.6 Å². The number of rotatable bonds is 9. The van der Waals surface area contributed by atoms with Crippen LogP contribution in [0, 0.1) is 11.3 Å².